The van der Waals surface area contributed by atoms with Crippen molar-refractivity contribution in [3.05, 3.63) is 42.5 Å². The van der Waals surface area contributed by atoms with Crippen molar-refractivity contribution in [1.82, 2.24) is 14.9 Å². The highest BCUT2D eigenvalue weighted by Gasteiger charge is 2.26. The number of urea groups is 1. The molecule has 152 valence electrons. The van der Waals surface area contributed by atoms with Crippen molar-refractivity contribution in [3.8, 4) is 0 Å². The molecule has 0 spiro atoms. The van der Waals surface area contributed by atoms with E-state index in [0.29, 0.717) is 13.1 Å². The van der Waals surface area contributed by atoms with E-state index >= 15 is 0 Å². The molecule has 1 aliphatic rings. The zero-order valence-electron chi connectivity index (χ0n) is 15.3. The molecule has 0 aliphatic carbocycles. The molecule has 1 aromatic rings. The molecule has 1 heterocycles. The number of nitrogens with zero attached hydrogens (tertiary/aromatic N) is 1. The van der Waals surface area contributed by atoms with Crippen molar-refractivity contribution in [1.29, 1.82) is 0 Å². The van der Waals surface area contributed by atoms with Crippen LogP contribution in [-0.2, 0) is 19.6 Å². The number of imide groups is 1. The summed E-state index contributed by atoms with van der Waals surface area (Å²) in [7, 11) is -3.69. The smallest absolute Gasteiger partial charge is 0.338 e. The summed E-state index contributed by atoms with van der Waals surface area (Å²) in [5.74, 6) is -1.68. The Hall–Kier alpha value is -2.72. The highest BCUT2D eigenvalue weighted by Crippen LogP contribution is 2.21. The quantitative estimate of drug-likeness (QED) is 0.512. The summed E-state index contributed by atoms with van der Waals surface area (Å²) in [6, 6.07) is 4.73. The fourth-order valence-electron chi connectivity index (χ4n) is 2.62. The van der Waals surface area contributed by atoms with Gasteiger partial charge in [0.15, 0.2) is 6.61 Å². The molecule has 3 amide bonds. The number of carbonyl (C=O) groups is 3. The molecule has 1 saturated heterocycles. The molecule has 1 aliphatic heterocycles. The number of amides is 3. The van der Waals surface area contributed by atoms with E-state index in [1.807, 2.05) is 5.32 Å². The van der Waals surface area contributed by atoms with Gasteiger partial charge in [-0.05, 0) is 31.0 Å². The first-order valence-electron chi connectivity index (χ1n) is 8.80. The molecular formula is C18H23N3O6S. The highest BCUT2D eigenvalue weighted by molar-refractivity contribution is 7.89. The third kappa shape index (κ3) is 5.89. The zero-order valence-corrected chi connectivity index (χ0v) is 16.2. The number of nitrogens with one attached hydrogen (secondary N) is 2. The molecule has 0 saturated carbocycles. The minimum absolute atomic E-state index is 0.00185. The van der Waals surface area contributed by atoms with Gasteiger partial charge >= 0.3 is 12.0 Å². The second kappa shape index (κ2) is 10.00. The van der Waals surface area contributed by atoms with Crippen molar-refractivity contribution >= 4 is 27.9 Å². The Morgan fingerprint density at radius 3 is 2.57 bits per heavy atom. The summed E-state index contributed by atoms with van der Waals surface area (Å²) in [5, 5.41) is 4.32. The maximum absolute atomic E-state index is 12.7. The number of hydrogen-bond acceptors (Lipinski definition) is 6. The predicted molar refractivity (Wildman–Crippen MR) is 101 cm³/mol. The highest BCUT2D eigenvalue weighted by atomic mass is 32.2. The van der Waals surface area contributed by atoms with E-state index in [-0.39, 0.29) is 17.0 Å². The topological polar surface area (TPSA) is 122 Å². The fourth-order valence-corrected chi connectivity index (χ4v) is 4.19. The number of rotatable bonds is 7. The first-order valence-corrected chi connectivity index (χ1v) is 10.2. The predicted octanol–water partition coefficient (Wildman–Crippen LogP) is 1.03. The number of sulfonamides is 1. The molecule has 1 fully saturated rings. The molecule has 10 heteroatoms. The first kappa shape index (κ1) is 21.6. The second-order valence-electron chi connectivity index (χ2n) is 6.12. The van der Waals surface area contributed by atoms with Gasteiger partial charge in [0.1, 0.15) is 0 Å². The lowest BCUT2D eigenvalue weighted by molar-refractivity contribution is -0.123. The van der Waals surface area contributed by atoms with Crippen LogP contribution in [0.4, 0.5) is 4.79 Å². The Morgan fingerprint density at radius 2 is 1.89 bits per heavy atom. The molecule has 28 heavy (non-hydrogen) atoms. The van der Waals surface area contributed by atoms with E-state index in [4.69, 9.17) is 4.74 Å². The van der Waals surface area contributed by atoms with Gasteiger partial charge in [0.25, 0.3) is 5.91 Å². The van der Waals surface area contributed by atoms with Crippen molar-refractivity contribution in [3.63, 3.8) is 0 Å². The van der Waals surface area contributed by atoms with E-state index < -0.39 is 34.5 Å². The lowest BCUT2D eigenvalue weighted by Gasteiger charge is -2.25. The maximum Gasteiger partial charge on any atom is 0.338 e. The summed E-state index contributed by atoms with van der Waals surface area (Å²) in [4.78, 5) is 35.1. The summed E-state index contributed by atoms with van der Waals surface area (Å²) in [6.45, 7) is 3.82. The molecule has 2 rings (SSSR count). The number of hydrogen-bond donors (Lipinski definition) is 2. The Balaban J connectivity index is 1.97. The van der Waals surface area contributed by atoms with Crippen LogP contribution in [0, 0.1) is 0 Å². The zero-order chi connectivity index (χ0) is 20.6. The molecule has 0 atom stereocenters. The molecule has 0 radical (unpaired) electrons. The number of esters is 1. The number of carbonyl (C=O) groups excluding carboxylic acids is 3. The third-order valence-electron chi connectivity index (χ3n) is 4.02. The van der Waals surface area contributed by atoms with Gasteiger partial charge in [0, 0.05) is 19.6 Å². The van der Waals surface area contributed by atoms with Gasteiger partial charge in [-0.1, -0.05) is 18.6 Å². The maximum atomic E-state index is 12.7. The lowest BCUT2D eigenvalue weighted by atomic mass is 10.2. The van der Waals surface area contributed by atoms with E-state index in [9.17, 15) is 22.8 Å². The van der Waals surface area contributed by atoms with Crippen LogP contribution in [0.25, 0.3) is 0 Å². The van der Waals surface area contributed by atoms with Crippen LogP contribution in [0.3, 0.4) is 0 Å². The summed E-state index contributed by atoms with van der Waals surface area (Å²) in [5.41, 5.74) is 0.00185. The number of ether oxygens (including phenoxy) is 1. The van der Waals surface area contributed by atoms with Crippen LogP contribution in [-0.4, -0.2) is 56.9 Å². The van der Waals surface area contributed by atoms with Crippen LogP contribution in [0.1, 0.15) is 29.6 Å². The van der Waals surface area contributed by atoms with Gasteiger partial charge in [-0.15, -0.1) is 6.58 Å². The summed E-state index contributed by atoms with van der Waals surface area (Å²) >= 11 is 0. The van der Waals surface area contributed by atoms with E-state index in [1.54, 1.807) is 0 Å². The van der Waals surface area contributed by atoms with Crippen molar-refractivity contribution < 1.29 is 27.5 Å². The minimum Gasteiger partial charge on any atom is -0.452 e. The average Bonchev–Trinajstić information content (AvgIpc) is 2.71. The van der Waals surface area contributed by atoms with Crippen LogP contribution in [0.2, 0.25) is 0 Å². The molecule has 0 aromatic heterocycles. The van der Waals surface area contributed by atoms with Crippen LogP contribution in [0.15, 0.2) is 41.8 Å². The van der Waals surface area contributed by atoms with E-state index in [2.05, 4.69) is 11.9 Å². The molecule has 9 nitrogen and oxygen atoms in total. The average molecular weight is 409 g/mol. The van der Waals surface area contributed by atoms with Crippen LogP contribution < -0.4 is 10.6 Å². The number of piperidine rings is 1. The van der Waals surface area contributed by atoms with Gasteiger partial charge in [-0.25, -0.2) is 18.0 Å². The van der Waals surface area contributed by atoms with Gasteiger partial charge in [-0.2, -0.15) is 4.31 Å². The SMILES string of the molecule is C=CCNC(=O)NC(=O)COC(=O)c1cccc(S(=O)(=O)N2CCCCC2)c1. The first-order chi connectivity index (χ1) is 13.3. The third-order valence-corrected chi connectivity index (χ3v) is 5.91. The molecule has 0 unspecified atom stereocenters. The van der Waals surface area contributed by atoms with E-state index in [0.717, 1.165) is 19.3 Å². The Bertz CT molecular complexity index is 847. The second-order valence-corrected chi connectivity index (χ2v) is 8.05. The summed E-state index contributed by atoms with van der Waals surface area (Å²) in [6.07, 6.45) is 4.04. The standard InChI is InChI=1S/C18H23N3O6S/c1-2-9-19-18(24)20-16(22)13-27-17(23)14-7-6-8-15(12-14)28(25,26)21-10-4-3-5-11-21/h2,6-8,12H,1,3-5,9-11,13H2,(H2,19,20,22,24). The Kier molecular flexibility index (Phi) is 7.70. The number of benzene rings is 1. The monoisotopic (exact) mass is 409 g/mol. The van der Waals surface area contributed by atoms with Crippen molar-refractivity contribution in [2.75, 3.05) is 26.2 Å². The molecular weight excluding hydrogens is 386 g/mol. The molecule has 0 bridgehead atoms. The molecule has 2 N–H and O–H groups in total. The van der Waals surface area contributed by atoms with Gasteiger partial charge < -0.3 is 10.1 Å². The Morgan fingerprint density at radius 1 is 1.18 bits per heavy atom. The van der Waals surface area contributed by atoms with Crippen LogP contribution in [0.5, 0.6) is 0 Å². The van der Waals surface area contributed by atoms with Crippen molar-refractivity contribution in [2.45, 2.75) is 24.2 Å². The molecule has 1 aromatic carbocycles. The van der Waals surface area contributed by atoms with Gasteiger partial charge in [0.2, 0.25) is 10.0 Å². The van der Waals surface area contributed by atoms with E-state index in [1.165, 1.54) is 34.6 Å². The lowest BCUT2D eigenvalue weighted by Crippen LogP contribution is -2.41. The van der Waals surface area contributed by atoms with Gasteiger partial charge in [0.05, 0.1) is 10.5 Å². The fraction of sp³-hybridized carbons (Fsp3) is 0.389. The largest absolute Gasteiger partial charge is 0.452 e. The normalized spacial score (nSPS) is 14.7. The Labute approximate surface area is 163 Å². The van der Waals surface area contributed by atoms with Gasteiger partial charge in [-0.3, -0.25) is 10.1 Å². The minimum atomic E-state index is -3.69. The van der Waals surface area contributed by atoms with Crippen LogP contribution >= 0.6 is 0 Å². The van der Waals surface area contributed by atoms with Crippen molar-refractivity contribution in [2.24, 2.45) is 0 Å². The summed E-state index contributed by atoms with van der Waals surface area (Å²) < 4.78 is 31.6.